The molecule has 27 heavy (non-hydrogen) atoms. The van der Waals surface area contributed by atoms with Crippen molar-refractivity contribution in [1.82, 2.24) is 14.9 Å². The summed E-state index contributed by atoms with van der Waals surface area (Å²) >= 11 is 5.86. The maximum atomic E-state index is 13.4. The highest BCUT2D eigenvalue weighted by atomic mass is 35.5. The van der Waals surface area contributed by atoms with Crippen LogP contribution in [0.2, 0.25) is 5.02 Å². The Kier molecular flexibility index (Phi) is 5.88. The predicted octanol–water partition coefficient (Wildman–Crippen LogP) is 2.24. The van der Waals surface area contributed by atoms with Gasteiger partial charge in [0.1, 0.15) is 5.60 Å². The van der Waals surface area contributed by atoms with Crippen LogP contribution < -0.4 is 5.32 Å². The monoisotopic (exact) mass is 405 g/mol. The number of aromatic nitrogens is 2. The van der Waals surface area contributed by atoms with Gasteiger partial charge in [-0.3, -0.25) is 4.79 Å². The molecule has 0 fully saturated rings. The molecule has 0 spiro atoms. The first-order valence-electron chi connectivity index (χ1n) is 7.89. The Hall–Kier alpha value is -2.10. The third kappa shape index (κ3) is 4.60. The fourth-order valence-electron chi connectivity index (χ4n) is 2.56. The van der Waals surface area contributed by atoms with Gasteiger partial charge in [-0.1, -0.05) is 23.7 Å². The number of amides is 1. The van der Waals surface area contributed by atoms with E-state index in [1.807, 2.05) is 0 Å². The number of hydrogen-bond acceptors (Lipinski definition) is 4. The number of benzene rings is 1. The fourth-order valence-corrected chi connectivity index (χ4v) is 2.75. The predicted molar refractivity (Wildman–Crippen MR) is 91.8 cm³/mol. The van der Waals surface area contributed by atoms with E-state index in [2.05, 4.69) is 10.3 Å². The molecule has 2 atom stereocenters. The molecule has 10 heteroatoms. The van der Waals surface area contributed by atoms with Gasteiger partial charge in [0.15, 0.2) is 5.82 Å². The van der Waals surface area contributed by atoms with Crippen LogP contribution in [0.1, 0.15) is 24.7 Å². The molecule has 0 saturated heterocycles. The molecule has 2 rings (SSSR count). The number of imidazole rings is 1. The standard InChI is InChI=1S/C17H19ClF3N3O3/c1-15(26,11-4-3-5-12(18)8-11)10-23-13(25)9-16(27,17(19,20)21)14-22-6-7-24(14)2/h3-8,26-27H,9-10H2,1-2H3,(H,23,25)/t15-,16+/m1/s1. The van der Waals surface area contributed by atoms with Crippen molar-refractivity contribution in [2.45, 2.75) is 30.7 Å². The van der Waals surface area contributed by atoms with Gasteiger partial charge in [-0.25, -0.2) is 4.98 Å². The summed E-state index contributed by atoms with van der Waals surface area (Å²) in [5, 5.41) is 23.2. The van der Waals surface area contributed by atoms with Crippen LogP contribution in [0.25, 0.3) is 0 Å². The summed E-state index contributed by atoms with van der Waals surface area (Å²) < 4.78 is 41.3. The Bertz CT molecular complexity index is 823. The molecule has 0 aliphatic rings. The summed E-state index contributed by atoms with van der Waals surface area (Å²) in [5.41, 5.74) is -4.65. The zero-order valence-electron chi connectivity index (χ0n) is 14.6. The molecule has 2 aromatic rings. The summed E-state index contributed by atoms with van der Waals surface area (Å²) in [4.78, 5) is 15.6. The van der Waals surface area contributed by atoms with Crippen molar-refractivity contribution < 1.29 is 28.2 Å². The van der Waals surface area contributed by atoms with Gasteiger partial charge in [0, 0.05) is 24.5 Å². The lowest BCUT2D eigenvalue weighted by molar-refractivity contribution is -0.271. The number of halogens is 4. The summed E-state index contributed by atoms with van der Waals surface area (Å²) in [6.45, 7) is 1.01. The minimum absolute atomic E-state index is 0.361. The van der Waals surface area contributed by atoms with Crippen LogP contribution in [0.4, 0.5) is 13.2 Å². The molecular weight excluding hydrogens is 387 g/mol. The second-order valence-corrected chi connectivity index (χ2v) is 6.89. The van der Waals surface area contributed by atoms with E-state index in [9.17, 15) is 28.2 Å². The van der Waals surface area contributed by atoms with E-state index < -0.39 is 35.5 Å². The first-order valence-corrected chi connectivity index (χ1v) is 8.26. The van der Waals surface area contributed by atoms with Gasteiger partial charge >= 0.3 is 6.18 Å². The van der Waals surface area contributed by atoms with Crippen LogP contribution in [0.5, 0.6) is 0 Å². The number of carbonyl (C=O) groups excluding carboxylic acids is 1. The molecule has 0 radical (unpaired) electrons. The van der Waals surface area contributed by atoms with Crippen LogP contribution in [0, 0.1) is 0 Å². The first-order chi connectivity index (χ1) is 12.4. The number of carbonyl (C=O) groups is 1. The van der Waals surface area contributed by atoms with Crippen LogP contribution in [-0.2, 0) is 23.0 Å². The van der Waals surface area contributed by atoms with Crippen molar-refractivity contribution in [2.75, 3.05) is 6.54 Å². The van der Waals surface area contributed by atoms with E-state index in [4.69, 9.17) is 11.6 Å². The van der Waals surface area contributed by atoms with Crippen molar-refractivity contribution in [1.29, 1.82) is 0 Å². The highest BCUT2D eigenvalue weighted by Gasteiger charge is 2.58. The number of aryl methyl sites for hydroxylation is 1. The maximum Gasteiger partial charge on any atom is 0.425 e. The Morgan fingerprint density at radius 2 is 2.00 bits per heavy atom. The second kappa shape index (κ2) is 7.49. The van der Waals surface area contributed by atoms with Crippen molar-refractivity contribution in [3.8, 4) is 0 Å². The van der Waals surface area contributed by atoms with Crippen molar-refractivity contribution >= 4 is 17.5 Å². The molecule has 3 N–H and O–H groups in total. The topological polar surface area (TPSA) is 87.4 Å². The number of alkyl halides is 3. The summed E-state index contributed by atoms with van der Waals surface area (Å²) in [6, 6.07) is 6.24. The van der Waals surface area contributed by atoms with E-state index in [1.165, 1.54) is 26.2 Å². The Labute approximate surface area is 158 Å². The molecule has 1 heterocycles. The zero-order valence-corrected chi connectivity index (χ0v) is 15.3. The van der Waals surface area contributed by atoms with Crippen LogP contribution >= 0.6 is 11.6 Å². The summed E-state index contributed by atoms with van der Waals surface area (Å²) in [7, 11) is 1.28. The lowest BCUT2D eigenvalue weighted by Gasteiger charge is -2.30. The number of nitrogens with zero attached hydrogens (tertiary/aromatic N) is 2. The second-order valence-electron chi connectivity index (χ2n) is 6.46. The number of nitrogens with one attached hydrogen (secondary N) is 1. The Morgan fingerprint density at radius 1 is 1.33 bits per heavy atom. The van der Waals surface area contributed by atoms with Gasteiger partial charge in [-0.05, 0) is 24.6 Å². The Balaban J connectivity index is 2.14. The summed E-state index contributed by atoms with van der Waals surface area (Å²) in [6.07, 6.45) is -4.10. The minimum atomic E-state index is -5.13. The van der Waals surface area contributed by atoms with Crippen molar-refractivity contribution in [2.24, 2.45) is 7.05 Å². The number of aliphatic hydroxyl groups is 2. The van der Waals surface area contributed by atoms with Crippen molar-refractivity contribution in [3.05, 3.63) is 53.1 Å². The zero-order chi connectivity index (χ0) is 20.5. The quantitative estimate of drug-likeness (QED) is 0.688. The van der Waals surface area contributed by atoms with Gasteiger partial charge in [0.25, 0.3) is 0 Å². The molecule has 0 bridgehead atoms. The molecule has 1 amide bonds. The average Bonchev–Trinajstić information content (AvgIpc) is 2.98. The first kappa shape index (κ1) is 21.2. The molecule has 0 aliphatic heterocycles. The lowest BCUT2D eigenvalue weighted by Crippen LogP contribution is -2.49. The van der Waals surface area contributed by atoms with E-state index in [0.717, 1.165) is 10.8 Å². The normalized spacial score (nSPS) is 16.4. The van der Waals surface area contributed by atoms with Crippen molar-refractivity contribution in [3.63, 3.8) is 0 Å². The molecule has 0 saturated carbocycles. The van der Waals surface area contributed by atoms with Crippen LogP contribution in [0.3, 0.4) is 0 Å². The SMILES string of the molecule is Cn1ccnc1[C@@](O)(CC(=O)NC[C@@](C)(O)c1cccc(Cl)c1)C(F)(F)F. The van der Waals surface area contributed by atoms with Gasteiger partial charge < -0.3 is 20.1 Å². The fraction of sp³-hybridized carbons (Fsp3) is 0.412. The highest BCUT2D eigenvalue weighted by molar-refractivity contribution is 6.30. The Morgan fingerprint density at radius 3 is 2.52 bits per heavy atom. The van der Waals surface area contributed by atoms with E-state index >= 15 is 0 Å². The molecule has 148 valence electrons. The molecule has 6 nitrogen and oxygen atoms in total. The summed E-state index contributed by atoms with van der Waals surface area (Å²) in [5.74, 6) is -1.80. The van der Waals surface area contributed by atoms with Gasteiger partial charge in [-0.2, -0.15) is 13.2 Å². The number of rotatable bonds is 6. The van der Waals surface area contributed by atoms with Gasteiger partial charge in [-0.15, -0.1) is 0 Å². The third-order valence-electron chi connectivity index (χ3n) is 4.15. The smallest absolute Gasteiger partial charge is 0.384 e. The average molecular weight is 406 g/mol. The number of hydrogen-bond donors (Lipinski definition) is 3. The molecule has 1 aromatic heterocycles. The lowest BCUT2D eigenvalue weighted by atomic mass is 9.94. The van der Waals surface area contributed by atoms with E-state index in [-0.39, 0.29) is 6.54 Å². The third-order valence-corrected chi connectivity index (χ3v) is 4.39. The minimum Gasteiger partial charge on any atom is -0.384 e. The van der Waals surface area contributed by atoms with Crippen LogP contribution in [0.15, 0.2) is 36.7 Å². The maximum absolute atomic E-state index is 13.4. The van der Waals surface area contributed by atoms with Gasteiger partial charge in [0.2, 0.25) is 11.5 Å². The largest absolute Gasteiger partial charge is 0.425 e. The van der Waals surface area contributed by atoms with E-state index in [1.54, 1.807) is 18.2 Å². The van der Waals surface area contributed by atoms with Crippen LogP contribution in [-0.4, -0.2) is 38.4 Å². The highest BCUT2D eigenvalue weighted by Crippen LogP contribution is 2.40. The van der Waals surface area contributed by atoms with Gasteiger partial charge in [0.05, 0.1) is 13.0 Å². The molecule has 1 aromatic carbocycles. The van der Waals surface area contributed by atoms with E-state index in [0.29, 0.717) is 10.6 Å². The molecule has 0 aliphatic carbocycles. The molecular formula is C17H19ClF3N3O3. The molecule has 0 unspecified atom stereocenters.